The van der Waals surface area contributed by atoms with Gasteiger partial charge in [0.05, 0.1) is 10.5 Å². The molecule has 8 heteroatoms. The number of benzene rings is 2. The highest BCUT2D eigenvalue weighted by molar-refractivity contribution is 5.98. The monoisotopic (exact) mass is 397 g/mol. The molecule has 1 amide bonds. The molecule has 0 aliphatic heterocycles. The average molecular weight is 397 g/mol. The van der Waals surface area contributed by atoms with Gasteiger partial charge in [-0.3, -0.25) is 14.9 Å². The smallest absolute Gasteiger partial charge is 0.339 e. The fourth-order valence-corrected chi connectivity index (χ4v) is 2.85. The van der Waals surface area contributed by atoms with E-state index in [9.17, 15) is 19.7 Å². The molecule has 1 atom stereocenters. The van der Waals surface area contributed by atoms with Crippen molar-refractivity contribution in [1.29, 1.82) is 0 Å². The van der Waals surface area contributed by atoms with Crippen LogP contribution >= 0.6 is 0 Å². The van der Waals surface area contributed by atoms with E-state index < -0.39 is 22.9 Å². The van der Waals surface area contributed by atoms with Gasteiger partial charge in [-0.1, -0.05) is 17.7 Å². The molecule has 1 aliphatic carbocycles. The van der Waals surface area contributed by atoms with Gasteiger partial charge in [0, 0.05) is 17.8 Å². The lowest BCUT2D eigenvalue weighted by atomic mass is 10.1. The summed E-state index contributed by atoms with van der Waals surface area (Å²) in [6, 6.07) is 9.94. The topological polar surface area (TPSA) is 111 Å². The fourth-order valence-electron chi connectivity index (χ4n) is 2.85. The Balaban J connectivity index is 1.67. The maximum atomic E-state index is 12.4. The number of carbonyl (C=O) groups excluding carboxylic acids is 2. The number of nitro benzene ring substituents is 1. The van der Waals surface area contributed by atoms with E-state index in [1.54, 1.807) is 6.07 Å². The van der Waals surface area contributed by atoms with Gasteiger partial charge in [0.15, 0.2) is 6.10 Å². The van der Waals surface area contributed by atoms with Crippen molar-refractivity contribution in [1.82, 2.24) is 0 Å². The molecule has 0 unspecified atom stereocenters. The summed E-state index contributed by atoms with van der Waals surface area (Å²) >= 11 is 0. The maximum Gasteiger partial charge on any atom is 0.339 e. The quantitative estimate of drug-likeness (QED) is 0.415. The molecule has 0 heterocycles. The van der Waals surface area contributed by atoms with Gasteiger partial charge in [-0.2, -0.15) is 0 Å². The number of ether oxygens (including phenoxy) is 1. The van der Waals surface area contributed by atoms with E-state index in [1.807, 2.05) is 26.0 Å². The van der Waals surface area contributed by atoms with Gasteiger partial charge < -0.3 is 15.4 Å². The van der Waals surface area contributed by atoms with Gasteiger partial charge in [-0.25, -0.2) is 4.79 Å². The molecule has 1 saturated carbocycles. The van der Waals surface area contributed by atoms with Crippen molar-refractivity contribution in [2.75, 3.05) is 10.6 Å². The standard InChI is InChI=1S/C21H23N3O5/c1-12-4-8-17(13(2)10-12)23-20(25)14(3)29-21(26)15-5-9-18(22-16-6-7-16)19(11-15)24(27)28/h4-5,8-11,14,16,22H,6-7H2,1-3H3,(H,23,25)/t14-/m1/s1. The Morgan fingerprint density at radius 2 is 1.83 bits per heavy atom. The van der Waals surface area contributed by atoms with Crippen LogP contribution in [-0.4, -0.2) is 28.9 Å². The van der Waals surface area contributed by atoms with Crippen molar-refractivity contribution in [2.24, 2.45) is 0 Å². The molecule has 1 fully saturated rings. The van der Waals surface area contributed by atoms with Crippen LogP contribution in [0.2, 0.25) is 0 Å². The number of carbonyl (C=O) groups is 2. The molecule has 0 aromatic heterocycles. The largest absolute Gasteiger partial charge is 0.449 e. The summed E-state index contributed by atoms with van der Waals surface area (Å²) in [6.07, 6.45) is 0.869. The predicted molar refractivity (Wildman–Crippen MR) is 109 cm³/mol. The zero-order chi connectivity index (χ0) is 21.1. The maximum absolute atomic E-state index is 12.4. The number of hydrogen-bond acceptors (Lipinski definition) is 6. The summed E-state index contributed by atoms with van der Waals surface area (Å²) in [4.78, 5) is 35.6. The molecular weight excluding hydrogens is 374 g/mol. The van der Waals surface area contributed by atoms with Crippen LogP contribution in [0, 0.1) is 24.0 Å². The highest BCUT2D eigenvalue weighted by Crippen LogP contribution is 2.31. The molecule has 0 spiro atoms. The summed E-state index contributed by atoms with van der Waals surface area (Å²) in [5.74, 6) is -1.28. The minimum atomic E-state index is -1.06. The van der Waals surface area contributed by atoms with Gasteiger partial charge in [0.25, 0.3) is 11.6 Å². The molecule has 152 valence electrons. The van der Waals surface area contributed by atoms with E-state index in [-0.39, 0.29) is 17.3 Å². The first-order valence-corrected chi connectivity index (χ1v) is 9.38. The van der Waals surface area contributed by atoms with Crippen LogP contribution in [0.4, 0.5) is 17.1 Å². The minimum Gasteiger partial charge on any atom is -0.449 e. The first-order chi connectivity index (χ1) is 13.7. The Morgan fingerprint density at radius 1 is 1.14 bits per heavy atom. The van der Waals surface area contributed by atoms with Crippen LogP contribution in [0.25, 0.3) is 0 Å². The Kier molecular flexibility index (Phi) is 5.81. The minimum absolute atomic E-state index is 0.0178. The van der Waals surface area contributed by atoms with E-state index in [2.05, 4.69) is 10.6 Å². The molecule has 3 rings (SSSR count). The number of nitro groups is 1. The van der Waals surface area contributed by atoms with Gasteiger partial charge in [0.1, 0.15) is 5.69 Å². The summed E-state index contributed by atoms with van der Waals surface area (Å²) in [7, 11) is 0. The summed E-state index contributed by atoms with van der Waals surface area (Å²) in [5.41, 5.74) is 2.79. The fraction of sp³-hybridized carbons (Fsp3) is 0.333. The number of nitrogens with one attached hydrogen (secondary N) is 2. The molecule has 0 radical (unpaired) electrons. The van der Waals surface area contributed by atoms with Gasteiger partial charge in [-0.15, -0.1) is 0 Å². The number of hydrogen-bond donors (Lipinski definition) is 2. The zero-order valence-electron chi connectivity index (χ0n) is 16.5. The van der Waals surface area contributed by atoms with Crippen molar-refractivity contribution in [3.8, 4) is 0 Å². The van der Waals surface area contributed by atoms with Crippen molar-refractivity contribution in [3.05, 3.63) is 63.2 Å². The third-order valence-corrected chi connectivity index (χ3v) is 4.66. The van der Waals surface area contributed by atoms with Crippen molar-refractivity contribution in [3.63, 3.8) is 0 Å². The predicted octanol–water partition coefficient (Wildman–Crippen LogP) is 3.97. The Bertz CT molecular complexity index is 969. The second-order valence-corrected chi connectivity index (χ2v) is 7.26. The van der Waals surface area contributed by atoms with E-state index >= 15 is 0 Å². The molecule has 2 aromatic carbocycles. The van der Waals surface area contributed by atoms with Crippen molar-refractivity contribution >= 4 is 28.9 Å². The van der Waals surface area contributed by atoms with Crippen LogP contribution in [0.1, 0.15) is 41.3 Å². The zero-order valence-corrected chi connectivity index (χ0v) is 16.5. The first-order valence-electron chi connectivity index (χ1n) is 9.38. The molecule has 1 aliphatic rings. The number of rotatable bonds is 7. The van der Waals surface area contributed by atoms with Crippen LogP contribution in [0.5, 0.6) is 0 Å². The molecular formula is C21H23N3O5. The van der Waals surface area contributed by atoms with Gasteiger partial charge >= 0.3 is 5.97 Å². The number of esters is 1. The summed E-state index contributed by atoms with van der Waals surface area (Å²) < 4.78 is 5.21. The summed E-state index contributed by atoms with van der Waals surface area (Å²) in [5, 5.41) is 17.1. The second kappa shape index (κ2) is 8.30. The van der Waals surface area contributed by atoms with E-state index in [1.165, 1.54) is 25.1 Å². The third-order valence-electron chi connectivity index (χ3n) is 4.66. The highest BCUT2D eigenvalue weighted by Gasteiger charge is 2.26. The molecule has 2 N–H and O–H groups in total. The average Bonchev–Trinajstić information content (AvgIpc) is 3.48. The Morgan fingerprint density at radius 3 is 2.45 bits per heavy atom. The van der Waals surface area contributed by atoms with Gasteiger partial charge in [-0.05, 0) is 57.4 Å². The van der Waals surface area contributed by atoms with Crippen LogP contribution in [-0.2, 0) is 9.53 Å². The Labute approximate surface area is 168 Å². The molecule has 8 nitrogen and oxygen atoms in total. The highest BCUT2D eigenvalue weighted by atomic mass is 16.6. The van der Waals surface area contributed by atoms with Crippen LogP contribution < -0.4 is 10.6 Å². The number of amides is 1. The Hall–Kier alpha value is -3.42. The number of nitrogens with zero attached hydrogens (tertiary/aromatic N) is 1. The SMILES string of the molecule is Cc1ccc(NC(=O)[C@@H](C)OC(=O)c2ccc(NC3CC3)c([N+](=O)[O-])c2)c(C)c1. The number of anilines is 2. The first kappa shape index (κ1) is 20.3. The van der Waals surface area contributed by atoms with Crippen LogP contribution in [0.3, 0.4) is 0 Å². The van der Waals surface area contributed by atoms with E-state index in [4.69, 9.17) is 4.74 Å². The van der Waals surface area contributed by atoms with E-state index in [0.29, 0.717) is 11.4 Å². The lowest BCUT2D eigenvalue weighted by Crippen LogP contribution is -2.30. The van der Waals surface area contributed by atoms with Gasteiger partial charge in [0.2, 0.25) is 0 Å². The lowest BCUT2D eigenvalue weighted by Gasteiger charge is -2.15. The molecule has 0 bridgehead atoms. The molecule has 29 heavy (non-hydrogen) atoms. The second-order valence-electron chi connectivity index (χ2n) is 7.26. The van der Waals surface area contributed by atoms with Crippen molar-refractivity contribution in [2.45, 2.75) is 45.8 Å². The lowest BCUT2D eigenvalue weighted by molar-refractivity contribution is -0.384. The van der Waals surface area contributed by atoms with Crippen LogP contribution in [0.15, 0.2) is 36.4 Å². The number of aryl methyl sites for hydroxylation is 2. The summed E-state index contributed by atoms with van der Waals surface area (Å²) in [6.45, 7) is 5.28. The third kappa shape index (κ3) is 5.10. The molecule has 2 aromatic rings. The van der Waals surface area contributed by atoms with E-state index in [0.717, 1.165) is 24.0 Å². The molecule has 0 saturated heterocycles. The van der Waals surface area contributed by atoms with Crippen molar-refractivity contribution < 1.29 is 19.2 Å². The normalized spacial score (nSPS) is 14.0.